The van der Waals surface area contributed by atoms with Crippen molar-refractivity contribution in [1.29, 1.82) is 0 Å². The van der Waals surface area contributed by atoms with Crippen molar-refractivity contribution in [3.8, 4) is 0 Å². The molecule has 1 aliphatic rings. The SMILES string of the molecule is CC/C=C\C/C=C\C/C=C\C/C=C\CCCCCCCCC(=O)OC1C(OCC(COC(=O)CCCCCCCCC/C=C\CCCCCCCC)OC(=O)CCCCCCCCCCCCC)OC(C(=O)O)C(O)C1O. The average molecular weight is 1090 g/mol. The van der Waals surface area contributed by atoms with Crippen molar-refractivity contribution in [3.05, 3.63) is 60.8 Å². The molecule has 0 aromatic heterocycles. The number of aliphatic carboxylic acids is 1. The third kappa shape index (κ3) is 43.0. The minimum absolute atomic E-state index is 0.0445. The molecule has 1 rings (SSSR count). The molecule has 3 N–H and O–H groups in total. The van der Waals surface area contributed by atoms with Gasteiger partial charge in [-0.25, -0.2) is 4.79 Å². The molecule has 0 amide bonds. The first-order chi connectivity index (χ1) is 37.6. The lowest BCUT2D eigenvalue weighted by molar-refractivity contribution is -0.301. The number of hydrogen-bond acceptors (Lipinski definition) is 11. The second kappa shape index (κ2) is 53.1. The summed E-state index contributed by atoms with van der Waals surface area (Å²) >= 11 is 0. The Bertz CT molecular complexity index is 1570. The van der Waals surface area contributed by atoms with E-state index < -0.39 is 67.3 Å². The van der Waals surface area contributed by atoms with Gasteiger partial charge in [0.2, 0.25) is 0 Å². The van der Waals surface area contributed by atoms with E-state index in [1.165, 1.54) is 109 Å². The van der Waals surface area contributed by atoms with Crippen molar-refractivity contribution in [2.24, 2.45) is 0 Å². The quantitative estimate of drug-likeness (QED) is 0.0228. The lowest BCUT2D eigenvalue weighted by Crippen LogP contribution is -2.61. The van der Waals surface area contributed by atoms with Gasteiger partial charge in [-0.05, 0) is 83.5 Å². The third-order valence-corrected chi connectivity index (χ3v) is 14.1. The fraction of sp³-hybridized carbons (Fsp3) is 0.785. The van der Waals surface area contributed by atoms with E-state index in [-0.39, 0.29) is 25.9 Å². The first kappa shape index (κ1) is 71.4. The van der Waals surface area contributed by atoms with Gasteiger partial charge in [-0.2, -0.15) is 0 Å². The van der Waals surface area contributed by atoms with Crippen molar-refractivity contribution in [1.82, 2.24) is 0 Å². The number of carbonyl (C=O) groups excluding carboxylic acids is 3. The maximum atomic E-state index is 13.1. The van der Waals surface area contributed by atoms with Crippen LogP contribution in [0.3, 0.4) is 0 Å². The summed E-state index contributed by atoms with van der Waals surface area (Å²) in [6, 6.07) is 0. The van der Waals surface area contributed by atoms with Gasteiger partial charge >= 0.3 is 23.9 Å². The Morgan fingerprint density at radius 2 is 0.818 bits per heavy atom. The van der Waals surface area contributed by atoms with Crippen LogP contribution in [0.15, 0.2) is 60.8 Å². The maximum absolute atomic E-state index is 13.1. The fourth-order valence-corrected chi connectivity index (χ4v) is 9.30. The summed E-state index contributed by atoms with van der Waals surface area (Å²) in [5.41, 5.74) is 0. The summed E-state index contributed by atoms with van der Waals surface area (Å²) in [5.74, 6) is -3.13. The fourth-order valence-electron chi connectivity index (χ4n) is 9.30. The molecule has 6 atom stereocenters. The zero-order valence-electron chi connectivity index (χ0n) is 49.0. The zero-order chi connectivity index (χ0) is 56.1. The van der Waals surface area contributed by atoms with E-state index in [2.05, 4.69) is 81.5 Å². The van der Waals surface area contributed by atoms with Crippen molar-refractivity contribution in [2.75, 3.05) is 13.2 Å². The second-order valence-corrected chi connectivity index (χ2v) is 21.3. The van der Waals surface area contributed by atoms with Gasteiger partial charge in [-0.1, -0.05) is 236 Å². The lowest BCUT2D eigenvalue weighted by Gasteiger charge is -2.40. The standard InChI is InChI=1S/C65H112O12/c1-4-7-10-13-16-19-22-24-26-28-29-31-33-35-38-41-44-47-50-53-59(68)76-63-61(70)60(69)62(64(71)72)77-65(63)74-55-56(75-58(67)52-49-46-43-40-36-21-18-15-12-9-6-3)54-73-57(66)51-48-45-42-39-37-34-32-30-27-25-23-20-17-14-11-8-5-2/h7,10,16,19,24-27,29,31,56,60-63,65,69-70H,4-6,8-9,11-15,17-18,20-23,28,30,32-55H2,1-3H3,(H,71,72)/b10-7-,19-16-,26-24-,27-25-,31-29-. The molecule has 1 aliphatic heterocycles. The normalized spacial score (nSPS) is 18.4. The molecule has 1 heterocycles. The van der Waals surface area contributed by atoms with Crippen LogP contribution in [0.5, 0.6) is 0 Å². The second-order valence-electron chi connectivity index (χ2n) is 21.3. The number of aliphatic hydroxyl groups is 2. The van der Waals surface area contributed by atoms with Crippen LogP contribution >= 0.6 is 0 Å². The van der Waals surface area contributed by atoms with Crippen molar-refractivity contribution in [3.63, 3.8) is 0 Å². The van der Waals surface area contributed by atoms with E-state index in [0.29, 0.717) is 19.3 Å². The van der Waals surface area contributed by atoms with Gasteiger partial charge in [-0.3, -0.25) is 14.4 Å². The average Bonchev–Trinajstić information content (AvgIpc) is 3.42. The van der Waals surface area contributed by atoms with Gasteiger partial charge in [0.05, 0.1) is 6.61 Å². The number of allylic oxidation sites excluding steroid dienone is 10. The van der Waals surface area contributed by atoms with E-state index in [1.807, 2.05) is 0 Å². The van der Waals surface area contributed by atoms with Crippen LogP contribution in [0.4, 0.5) is 0 Å². The molecule has 0 aromatic carbocycles. The van der Waals surface area contributed by atoms with Gasteiger partial charge in [0.1, 0.15) is 18.8 Å². The Balaban J connectivity index is 2.64. The Kier molecular flexibility index (Phi) is 49.2. The maximum Gasteiger partial charge on any atom is 0.335 e. The summed E-state index contributed by atoms with van der Waals surface area (Å²) in [6.07, 6.45) is 53.3. The highest BCUT2D eigenvalue weighted by atomic mass is 16.7. The van der Waals surface area contributed by atoms with Crippen LogP contribution in [0.2, 0.25) is 0 Å². The largest absolute Gasteiger partial charge is 0.479 e. The number of esters is 3. The van der Waals surface area contributed by atoms with Crippen LogP contribution in [-0.4, -0.2) is 89.2 Å². The molecule has 1 saturated heterocycles. The van der Waals surface area contributed by atoms with E-state index in [9.17, 15) is 34.5 Å². The number of carbonyl (C=O) groups is 4. The molecular formula is C65H112O12. The van der Waals surface area contributed by atoms with E-state index >= 15 is 0 Å². The van der Waals surface area contributed by atoms with E-state index in [1.54, 1.807) is 0 Å². The number of carboxylic acids is 1. The number of carboxylic acid groups (broad SMARTS) is 1. The summed E-state index contributed by atoms with van der Waals surface area (Å²) in [6.45, 7) is 5.88. The van der Waals surface area contributed by atoms with Gasteiger partial charge in [0.25, 0.3) is 0 Å². The lowest BCUT2D eigenvalue weighted by atomic mass is 9.98. The molecule has 444 valence electrons. The molecule has 0 radical (unpaired) electrons. The van der Waals surface area contributed by atoms with Gasteiger partial charge in [0.15, 0.2) is 24.6 Å². The van der Waals surface area contributed by atoms with Crippen LogP contribution in [0, 0.1) is 0 Å². The van der Waals surface area contributed by atoms with Gasteiger partial charge in [-0.15, -0.1) is 0 Å². The molecule has 0 spiro atoms. The number of hydrogen-bond donors (Lipinski definition) is 3. The van der Waals surface area contributed by atoms with E-state index in [0.717, 1.165) is 109 Å². The highest BCUT2D eigenvalue weighted by Crippen LogP contribution is 2.26. The number of ether oxygens (including phenoxy) is 5. The Morgan fingerprint density at radius 3 is 1.26 bits per heavy atom. The summed E-state index contributed by atoms with van der Waals surface area (Å²) in [5, 5.41) is 31.5. The number of aliphatic hydroxyl groups excluding tert-OH is 2. The predicted octanol–water partition coefficient (Wildman–Crippen LogP) is 16.3. The topological polar surface area (TPSA) is 175 Å². The minimum Gasteiger partial charge on any atom is -0.479 e. The summed E-state index contributed by atoms with van der Waals surface area (Å²) in [4.78, 5) is 51.2. The minimum atomic E-state index is -1.91. The number of rotatable bonds is 53. The third-order valence-electron chi connectivity index (χ3n) is 14.1. The zero-order valence-corrected chi connectivity index (χ0v) is 49.0. The monoisotopic (exact) mass is 1080 g/mol. The smallest absolute Gasteiger partial charge is 0.335 e. The first-order valence-electron chi connectivity index (χ1n) is 31.3. The van der Waals surface area contributed by atoms with Crippen molar-refractivity contribution >= 4 is 23.9 Å². The molecule has 77 heavy (non-hydrogen) atoms. The van der Waals surface area contributed by atoms with Crippen LogP contribution < -0.4 is 0 Å². The molecule has 0 aliphatic carbocycles. The van der Waals surface area contributed by atoms with Gasteiger partial charge in [0, 0.05) is 19.3 Å². The van der Waals surface area contributed by atoms with Crippen LogP contribution in [0.1, 0.15) is 278 Å². The highest BCUT2D eigenvalue weighted by Gasteiger charge is 2.50. The predicted molar refractivity (Wildman–Crippen MR) is 312 cm³/mol. The van der Waals surface area contributed by atoms with Crippen molar-refractivity contribution in [2.45, 2.75) is 314 Å². The Labute approximate surface area is 468 Å². The van der Waals surface area contributed by atoms with Gasteiger partial charge < -0.3 is 39.0 Å². The molecule has 0 aromatic rings. The molecule has 12 nitrogen and oxygen atoms in total. The Hall–Kier alpha value is -3.58. The molecule has 6 unspecified atom stereocenters. The molecule has 12 heteroatoms. The number of unbranched alkanes of at least 4 members (excludes halogenated alkanes) is 29. The highest BCUT2D eigenvalue weighted by molar-refractivity contribution is 5.74. The molecule has 0 saturated carbocycles. The first-order valence-corrected chi connectivity index (χ1v) is 31.3. The molecule has 0 bridgehead atoms. The van der Waals surface area contributed by atoms with E-state index in [4.69, 9.17) is 23.7 Å². The van der Waals surface area contributed by atoms with Crippen LogP contribution in [0.25, 0.3) is 0 Å². The molecule has 1 fully saturated rings. The van der Waals surface area contributed by atoms with Crippen LogP contribution in [-0.2, 0) is 42.9 Å². The summed E-state index contributed by atoms with van der Waals surface area (Å²) < 4.78 is 28.5. The van der Waals surface area contributed by atoms with Crippen molar-refractivity contribution < 1.29 is 58.2 Å². The molecular weight excluding hydrogens is 973 g/mol. The Morgan fingerprint density at radius 1 is 0.442 bits per heavy atom. The summed E-state index contributed by atoms with van der Waals surface area (Å²) in [7, 11) is 0.